The number of ether oxygens (including phenoxy) is 1. The number of anilines is 1. The van der Waals surface area contributed by atoms with Crippen LogP contribution < -0.4 is 10.5 Å². The van der Waals surface area contributed by atoms with Crippen LogP contribution >= 0.6 is 0 Å². The van der Waals surface area contributed by atoms with Crippen LogP contribution in [0.15, 0.2) is 29.2 Å². The lowest BCUT2D eigenvalue weighted by molar-refractivity contribution is -0.138. The second-order valence-electron chi connectivity index (χ2n) is 6.35. The number of carbonyl (C=O) groups excluding carboxylic acids is 2. The van der Waals surface area contributed by atoms with Crippen LogP contribution in [0.2, 0.25) is 0 Å². The third-order valence-electron chi connectivity index (χ3n) is 2.76. The first-order chi connectivity index (χ1) is 11.8. The Morgan fingerprint density at radius 2 is 1.85 bits per heavy atom. The van der Waals surface area contributed by atoms with Crippen molar-refractivity contribution in [3.8, 4) is 0 Å². The molecule has 0 aromatic heterocycles. The molecule has 0 spiro atoms. The molecular weight excluding hydrogens is 366 g/mol. The van der Waals surface area contributed by atoms with Crippen LogP contribution in [0.1, 0.15) is 20.8 Å². The van der Waals surface area contributed by atoms with Crippen molar-refractivity contribution in [1.82, 2.24) is 4.90 Å². The number of benzene rings is 1. The lowest BCUT2D eigenvalue weighted by Gasteiger charge is -2.26. The van der Waals surface area contributed by atoms with Crippen molar-refractivity contribution in [2.45, 2.75) is 31.3 Å². The molecular formula is C15H21N3O7S. The molecule has 0 fully saturated rings. The van der Waals surface area contributed by atoms with Gasteiger partial charge in [-0.15, -0.1) is 0 Å². The predicted octanol–water partition coefficient (Wildman–Crippen LogP) is 0.594. The average molecular weight is 387 g/mol. The van der Waals surface area contributed by atoms with E-state index in [0.29, 0.717) is 4.90 Å². The number of hydrogen-bond donors (Lipinski definition) is 3. The summed E-state index contributed by atoms with van der Waals surface area (Å²) in [5, 5.41) is 16.3. The minimum atomic E-state index is -3.95. The van der Waals surface area contributed by atoms with E-state index in [2.05, 4.69) is 5.32 Å². The summed E-state index contributed by atoms with van der Waals surface area (Å²) in [5.74, 6) is -2.05. The van der Waals surface area contributed by atoms with Gasteiger partial charge in [-0.2, -0.15) is 0 Å². The van der Waals surface area contributed by atoms with Crippen molar-refractivity contribution < 1.29 is 32.6 Å². The Kier molecular flexibility index (Phi) is 6.70. The number of nitrogens with one attached hydrogen (secondary N) is 1. The molecule has 0 aliphatic carbocycles. The topological polar surface area (TPSA) is 156 Å². The Morgan fingerprint density at radius 3 is 2.35 bits per heavy atom. The lowest BCUT2D eigenvalue weighted by atomic mass is 10.2. The number of amides is 2. The SMILES string of the molecule is CC(C)(C)OC(=O)N(CC(=O)O)CC(=O)Nc1cccc(S(N)(=O)=O)c1. The third-order valence-corrected chi connectivity index (χ3v) is 3.67. The molecule has 0 atom stereocenters. The Bertz CT molecular complexity index is 800. The van der Waals surface area contributed by atoms with Crippen LogP contribution in [-0.4, -0.2) is 55.1 Å². The fourth-order valence-electron chi connectivity index (χ4n) is 1.80. The molecule has 1 aromatic carbocycles. The van der Waals surface area contributed by atoms with Crippen LogP contribution in [0, 0.1) is 0 Å². The van der Waals surface area contributed by atoms with Crippen LogP contribution in [0.5, 0.6) is 0 Å². The highest BCUT2D eigenvalue weighted by molar-refractivity contribution is 7.89. The average Bonchev–Trinajstić information content (AvgIpc) is 2.43. The molecule has 1 rings (SSSR count). The summed E-state index contributed by atoms with van der Waals surface area (Å²) in [6, 6.07) is 5.19. The Balaban J connectivity index is 2.87. The molecule has 0 unspecified atom stereocenters. The van der Waals surface area contributed by atoms with Gasteiger partial charge in [-0.05, 0) is 39.0 Å². The first-order valence-corrected chi connectivity index (χ1v) is 8.95. The minimum absolute atomic E-state index is 0.126. The molecule has 10 nitrogen and oxygen atoms in total. The zero-order valence-electron chi connectivity index (χ0n) is 14.6. The van der Waals surface area contributed by atoms with E-state index in [-0.39, 0.29) is 10.6 Å². The van der Waals surface area contributed by atoms with Crippen LogP contribution in [-0.2, 0) is 24.3 Å². The lowest BCUT2D eigenvalue weighted by Crippen LogP contribution is -2.43. The fraction of sp³-hybridized carbons (Fsp3) is 0.400. The van der Waals surface area contributed by atoms with E-state index in [4.69, 9.17) is 15.0 Å². The van der Waals surface area contributed by atoms with Gasteiger partial charge in [-0.1, -0.05) is 6.07 Å². The normalized spacial score (nSPS) is 11.5. The maximum absolute atomic E-state index is 12.1. The standard InChI is InChI=1S/C15H21N3O7S/c1-15(2,3)25-14(22)18(9-13(20)21)8-12(19)17-10-5-4-6-11(7-10)26(16,23)24/h4-7H,8-9H2,1-3H3,(H,17,19)(H,20,21)(H2,16,23,24). The van der Waals surface area contributed by atoms with E-state index in [1.807, 2.05) is 0 Å². The fourth-order valence-corrected chi connectivity index (χ4v) is 2.36. The summed E-state index contributed by atoms with van der Waals surface area (Å²) in [6.07, 6.45) is -0.965. The van der Waals surface area contributed by atoms with Crippen molar-refractivity contribution in [2.75, 3.05) is 18.4 Å². The number of nitrogens with two attached hydrogens (primary N) is 1. The number of carboxylic acids is 1. The predicted molar refractivity (Wildman–Crippen MR) is 91.9 cm³/mol. The highest BCUT2D eigenvalue weighted by atomic mass is 32.2. The summed E-state index contributed by atoms with van der Waals surface area (Å²) < 4.78 is 27.7. The van der Waals surface area contributed by atoms with Gasteiger partial charge in [0.1, 0.15) is 18.7 Å². The van der Waals surface area contributed by atoms with Gasteiger partial charge in [0, 0.05) is 5.69 Å². The number of nitrogens with zero attached hydrogens (tertiary/aromatic N) is 1. The van der Waals surface area contributed by atoms with E-state index in [1.165, 1.54) is 18.2 Å². The maximum atomic E-state index is 12.1. The summed E-state index contributed by atoms with van der Waals surface area (Å²) in [7, 11) is -3.95. The van der Waals surface area contributed by atoms with Gasteiger partial charge >= 0.3 is 12.1 Å². The molecule has 11 heteroatoms. The first-order valence-electron chi connectivity index (χ1n) is 7.40. The number of rotatable bonds is 6. The van der Waals surface area contributed by atoms with Gasteiger partial charge < -0.3 is 15.2 Å². The number of carbonyl (C=O) groups is 3. The molecule has 0 heterocycles. The zero-order valence-corrected chi connectivity index (χ0v) is 15.4. The van der Waals surface area contributed by atoms with E-state index in [9.17, 15) is 22.8 Å². The van der Waals surface area contributed by atoms with Gasteiger partial charge in [-0.25, -0.2) is 18.4 Å². The third kappa shape index (κ3) is 7.49. The number of carboxylic acid groups (broad SMARTS) is 1. The van der Waals surface area contributed by atoms with Crippen LogP contribution in [0.4, 0.5) is 10.5 Å². The Morgan fingerprint density at radius 1 is 1.23 bits per heavy atom. The van der Waals surface area contributed by atoms with Gasteiger partial charge in [0.15, 0.2) is 0 Å². The summed E-state index contributed by atoms with van der Waals surface area (Å²) in [4.78, 5) is 35.6. The van der Waals surface area contributed by atoms with E-state index in [1.54, 1.807) is 20.8 Å². The zero-order chi connectivity index (χ0) is 20.1. The van der Waals surface area contributed by atoms with Gasteiger partial charge in [0.05, 0.1) is 4.90 Å². The number of hydrogen-bond acceptors (Lipinski definition) is 6. The smallest absolute Gasteiger partial charge is 0.411 e. The molecule has 144 valence electrons. The summed E-state index contributed by atoms with van der Waals surface area (Å²) in [5.41, 5.74) is -0.741. The Hall–Kier alpha value is -2.66. The molecule has 2 amide bonds. The van der Waals surface area contributed by atoms with Crippen LogP contribution in [0.25, 0.3) is 0 Å². The van der Waals surface area contributed by atoms with Crippen molar-refractivity contribution in [3.63, 3.8) is 0 Å². The molecule has 1 aromatic rings. The van der Waals surface area contributed by atoms with Gasteiger partial charge in [-0.3, -0.25) is 14.5 Å². The molecule has 0 aliphatic rings. The van der Waals surface area contributed by atoms with Crippen molar-refractivity contribution >= 4 is 33.7 Å². The molecule has 0 radical (unpaired) electrons. The summed E-state index contributed by atoms with van der Waals surface area (Å²) >= 11 is 0. The molecule has 0 bridgehead atoms. The Labute approximate surface area is 151 Å². The first kappa shape index (κ1) is 21.4. The van der Waals surface area contributed by atoms with Crippen LogP contribution in [0.3, 0.4) is 0 Å². The largest absolute Gasteiger partial charge is 0.480 e. The minimum Gasteiger partial charge on any atom is -0.480 e. The van der Waals surface area contributed by atoms with Crippen molar-refractivity contribution in [1.29, 1.82) is 0 Å². The molecule has 0 saturated heterocycles. The molecule has 0 aliphatic heterocycles. The van der Waals surface area contributed by atoms with E-state index >= 15 is 0 Å². The van der Waals surface area contributed by atoms with Gasteiger partial charge in [0.25, 0.3) is 0 Å². The second-order valence-corrected chi connectivity index (χ2v) is 7.91. The quantitative estimate of drug-likeness (QED) is 0.645. The summed E-state index contributed by atoms with van der Waals surface area (Å²) in [6.45, 7) is 3.47. The molecule has 0 saturated carbocycles. The van der Waals surface area contributed by atoms with Gasteiger partial charge in [0.2, 0.25) is 15.9 Å². The van der Waals surface area contributed by atoms with Crippen molar-refractivity contribution in [2.24, 2.45) is 5.14 Å². The molecule has 4 N–H and O–H groups in total. The second kappa shape index (κ2) is 8.15. The maximum Gasteiger partial charge on any atom is 0.411 e. The van der Waals surface area contributed by atoms with Crippen molar-refractivity contribution in [3.05, 3.63) is 24.3 Å². The highest BCUT2D eigenvalue weighted by Gasteiger charge is 2.25. The van der Waals surface area contributed by atoms with E-state index < -0.39 is 46.7 Å². The number of sulfonamides is 1. The number of primary sulfonamides is 1. The molecule has 26 heavy (non-hydrogen) atoms. The monoisotopic (exact) mass is 387 g/mol. The highest BCUT2D eigenvalue weighted by Crippen LogP contribution is 2.14. The van der Waals surface area contributed by atoms with E-state index in [0.717, 1.165) is 6.07 Å². The number of aliphatic carboxylic acids is 1.